The molecule has 11 heteroatoms. The molecule has 5 rings (SSSR count). The zero-order chi connectivity index (χ0) is 23.2. The van der Waals surface area contributed by atoms with Gasteiger partial charge in [0.05, 0.1) is 9.77 Å². The molecule has 3 heterocycles. The first kappa shape index (κ1) is 22.2. The van der Waals surface area contributed by atoms with Gasteiger partial charge in [-0.15, -0.1) is 11.3 Å². The third-order valence-corrected chi connectivity index (χ3v) is 9.20. The molecule has 1 amide bonds. The van der Waals surface area contributed by atoms with Crippen LogP contribution in [-0.4, -0.2) is 41.9 Å². The highest BCUT2D eigenvalue weighted by atomic mass is 32.2. The standard InChI is InChI=1S/C22H23FN4O4S2/c1-13-19(12-18(32-13)20-25-22(31-26-20)15-5-6-15)33(29,30)27-9-7-14(8-10-27)21(28)24-17-4-2-3-16(23)11-17/h2-4,11-12,14-15H,5-10H2,1H3,(H,24,28). The number of halogens is 1. The number of hydrogen-bond acceptors (Lipinski definition) is 7. The normalized spacial score (nSPS) is 17.9. The largest absolute Gasteiger partial charge is 0.339 e. The van der Waals surface area contributed by atoms with E-state index in [0.29, 0.717) is 45.9 Å². The number of rotatable bonds is 6. The van der Waals surface area contributed by atoms with E-state index < -0.39 is 15.8 Å². The number of thiophene rings is 1. The number of nitrogens with one attached hydrogen (secondary N) is 1. The van der Waals surface area contributed by atoms with E-state index in [2.05, 4.69) is 15.5 Å². The quantitative estimate of drug-likeness (QED) is 0.556. The second-order valence-corrected chi connectivity index (χ2v) is 11.6. The van der Waals surface area contributed by atoms with Gasteiger partial charge in [0.2, 0.25) is 27.6 Å². The van der Waals surface area contributed by atoms with Gasteiger partial charge in [-0.3, -0.25) is 4.79 Å². The van der Waals surface area contributed by atoms with Gasteiger partial charge in [-0.2, -0.15) is 9.29 Å². The minimum atomic E-state index is -3.71. The van der Waals surface area contributed by atoms with Gasteiger partial charge >= 0.3 is 0 Å². The Morgan fingerprint density at radius 2 is 1.97 bits per heavy atom. The lowest BCUT2D eigenvalue weighted by Gasteiger charge is -2.30. The number of piperidine rings is 1. The molecule has 2 aromatic heterocycles. The monoisotopic (exact) mass is 490 g/mol. The summed E-state index contributed by atoms with van der Waals surface area (Å²) in [5, 5.41) is 6.73. The number of sulfonamides is 1. The Morgan fingerprint density at radius 1 is 1.21 bits per heavy atom. The fourth-order valence-corrected chi connectivity index (χ4v) is 6.93. The Labute approximate surface area is 194 Å². The van der Waals surface area contributed by atoms with Crippen LogP contribution in [0.4, 0.5) is 10.1 Å². The summed E-state index contributed by atoms with van der Waals surface area (Å²) in [5.74, 6) is 0.367. The topological polar surface area (TPSA) is 105 Å². The van der Waals surface area contributed by atoms with Crippen molar-refractivity contribution in [2.75, 3.05) is 18.4 Å². The molecule has 0 unspecified atom stereocenters. The fraction of sp³-hybridized carbons (Fsp3) is 0.409. The van der Waals surface area contributed by atoms with E-state index in [4.69, 9.17) is 4.52 Å². The SMILES string of the molecule is Cc1sc(-c2noc(C3CC3)n2)cc1S(=O)(=O)N1CCC(C(=O)Nc2cccc(F)c2)CC1. The van der Waals surface area contributed by atoms with Crippen LogP contribution in [0.25, 0.3) is 10.7 Å². The first-order chi connectivity index (χ1) is 15.8. The number of benzene rings is 1. The van der Waals surface area contributed by atoms with Gasteiger partial charge in [-0.1, -0.05) is 11.2 Å². The first-order valence-corrected chi connectivity index (χ1v) is 13.1. The first-order valence-electron chi connectivity index (χ1n) is 10.8. The average Bonchev–Trinajstić information content (AvgIpc) is 3.38. The lowest BCUT2D eigenvalue weighted by molar-refractivity contribution is -0.120. The molecule has 0 spiro atoms. The molecule has 8 nitrogen and oxygen atoms in total. The third kappa shape index (κ3) is 4.57. The molecule has 3 aromatic rings. The Bertz CT molecular complexity index is 1290. The summed E-state index contributed by atoms with van der Waals surface area (Å²) >= 11 is 1.33. The van der Waals surface area contributed by atoms with Crippen LogP contribution in [0.3, 0.4) is 0 Å². The van der Waals surface area contributed by atoms with E-state index in [1.54, 1.807) is 19.1 Å². The Hall–Kier alpha value is -2.63. The van der Waals surface area contributed by atoms with Gasteiger partial charge in [0.25, 0.3) is 0 Å². The summed E-state index contributed by atoms with van der Waals surface area (Å²) in [6.07, 6.45) is 2.87. The van der Waals surface area contributed by atoms with Crippen molar-refractivity contribution in [1.82, 2.24) is 14.4 Å². The minimum absolute atomic E-state index is 0.227. The number of hydrogen-bond donors (Lipinski definition) is 1. The molecule has 2 aliphatic rings. The van der Waals surface area contributed by atoms with E-state index in [0.717, 1.165) is 12.8 Å². The van der Waals surface area contributed by atoms with Crippen LogP contribution in [0, 0.1) is 18.7 Å². The van der Waals surface area contributed by atoms with Crippen LogP contribution in [0.2, 0.25) is 0 Å². The van der Waals surface area contributed by atoms with Crippen molar-refractivity contribution in [3.8, 4) is 10.7 Å². The van der Waals surface area contributed by atoms with Crippen LogP contribution in [0.1, 0.15) is 42.4 Å². The van der Waals surface area contributed by atoms with Gasteiger partial charge in [0.15, 0.2) is 0 Å². The molecule has 0 radical (unpaired) electrons. The van der Waals surface area contributed by atoms with Gasteiger partial charge in [0.1, 0.15) is 5.82 Å². The molecule has 0 atom stereocenters. The third-order valence-electron chi connectivity index (χ3n) is 6.00. The van der Waals surface area contributed by atoms with Gasteiger partial charge < -0.3 is 9.84 Å². The molecule has 1 aliphatic heterocycles. The van der Waals surface area contributed by atoms with E-state index in [1.165, 1.54) is 33.8 Å². The van der Waals surface area contributed by atoms with Gasteiger partial charge in [-0.25, -0.2) is 12.8 Å². The highest BCUT2D eigenvalue weighted by Crippen LogP contribution is 2.41. The molecule has 1 aliphatic carbocycles. The molecule has 1 aromatic carbocycles. The molecule has 174 valence electrons. The maximum absolute atomic E-state index is 13.3. The van der Waals surface area contributed by atoms with E-state index in [9.17, 15) is 17.6 Å². The van der Waals surface area contributed by atoms with Crippen LogP contribution >= 0.6 is 11.3 Å². The van der Waals surface area contributed by atoms with Crippen LogP contribution in [0.5, 0.6) is 0 Å². The number of anilines is 1. The highest BCUT2D eigenvalue weighted by molar-refractivity contribution is 7.89. The molecule has 1 saturated carbocycles. The predicted octanol–water partition coefficient (Wildman–Crippen LogP) is 4.16. The van der Waals surface area contributed by atoms with Crippen molar-refractivity contribution in [2.24, 2.45) is 5.92 Å². The lowest BCUT2D eigenvalue weighted by Crippen LogP contribution is -2.41. The van der Waals surface area contributed by atoms with Crippen molar-refractivity contribution in [3.63, 3.8) is 0 Å². The maximum atomic E-state index is 13.3. The summed E-state index contributed by atoms with van der Waals surface area (Å²) in [6, 6.07) is 7.32. The summed E-state index contributed by atoms with van der Waals surface area (Å²) in [7, 11) is -3.71. The van der Waals surface area contributed by atoms with E-state index in [-0.39, 0.29) is 29.8 Å². The van der Waals surface area contributed by atoms with Gasteiger partial charge in [-0.05, 0) is 56.9 Å². The number of carbonyl (C=O) groups is 1. The van der Waals surface area contributed by atoms with Crippen LogP contribution in [0.15, 0.2) is 39.8 Å². The molecular formula is C22H23FN4O4S2. The van der Waals surface area contributed by atoms with Crippen LogP contribution in [-0.2, 0) is 14.8 Å². The molecule has 33 heavy (non-hydrogen) atoms. The summed E-state index contributed by atoms with van der Waals surface area (Å²) in [4.78, 5) is 18.5. The lowest BCUT2D eigenvalue weighted by atomic mass is 9.97. The Balaban J connectivity index is 1.25. The minimum Gasteiger partial charge on any atom is -0.339 e. The van der Waals surface area contributed by atoms with Crippen molar-refractivity contribution in [2.45, 2.75) is 43.4 Å². The van der Waals surface area contributed by atoms with E-state index in [1.807, 2.05) is 0 Å². The zero-order valence-corrected chi connectivity index (χ0v) is 19.6. The molecular weight excluding hydrogens is 467 g/mol. The number of aryl methyl sites for hydroxylation is 1. The second-order valence-electron chi connectivity index (χ2n) is 8.44. The summed E-state index contributed by atoms with van der Waals surface area (Å²) in [5.41, 5.74) is 0.391. The van der Waals surface area contributed by atoms with Crippen LogP contribution < -0.4 is 5.32 Å². The molecule has 1 N–H and O–H groups in total. The summed E-state index contributed by atoms with van der Waals surface area (Å²) in [6.45, 7) is 2.24. The number of carbonyl (C=O) groups excluding carboxylic acids is 1. The Morgan fingerprint density at radius 3 is 2.67 bits per heavy atom. The van der Waals surface area contributed by atoms with Gasteiger partial charge in [0, 0.05) is 35.5 Å². The zero-order valence-electron chi connectivity index (χ0n) is 18.0. The van der Waals surface area contributed by atoms with Crippen molar-refractivity contribution >= 4 is 33.0 Å². The Kier molecular flexibility index (Phi) is 5.79. The van der Waals surface area contributed by atoms with Crippen molar-refractivity contribution in [1.29, 1.82) is 0 Å². The van der Waals surface area contributed by atoms with Crippen molar-refractivity contribution in [3.05, 3.63) is 46.9 Å². The molecule has 1 saturated heterocycles. The summed E-state index contributed by atoms with van der Waals surface area (Å²) < 4.78 is 46.7. The smallest absolute Gasteiger partial charge is 0.244 e. The molecule has 2 fully saturated rings. The van der Waals surface area contributed by atoms with E-state index >= 15 is 0 Å². The second kappa shape index (κ2) is 8.62. The highest BCUT2D eigenvalue weighted by Gasteiger charge is 2.35. The van der Waals surface area contributed by atoms with Crippen molar-refractivity contribution < 1.29 is 22.1 Å². The fourth-order valence-electron chi connectivity index (χ4n) is 3.97. The number of amides is 1. The number of nitrogens with zero attached hydrogens (tertiary/aromatic N) is 3. The molecule has 0 bridgehead atoms. The average molecular weight is 491 g/mol. The predicted molar refractivity (Wildman–Crippen MR) is 121 cm³/mol. The maximum Gasteiger partial charge on any atom is 0.244 e. The number of aromatic nitrogens is 2.